The molecule has 3 aromatic carbocycles. The van der Waals surface area contributed by atoms with E-state index in [1.807, 2.05) is 30.3 Å². The van der Waals surface area contributed by atoms with Gasteiger partial charge in [0.15, 0.2) is 0 Å². The molecule has 1 atom stereocenters. The highest BCUT2D eigenvalue weighted by Crippen LogP contribution is 2.23. The van der Waals surface area contributed by atoms with Crippen LogP contribution in [0, 0.1) is 0 Å². The predicted octanol–water partition coefficient (Wildman–Crippen LogP) is 3.58. The van der Waals surface area contributed by atoms with Gasteiger partial charge in [-0.3, -0.25) is 14.5 Å². The largest absolute Gasteiger partial charge is 0.342 e. The number of anilines is 1. The molecule has 33 heavy (non-hydrogen) atoms. The van der Waals surface area contributed by atoms with Gasteiger partial charge in [-0.25, -0.2) is 8.42 Å². The van der Waals surface area contributed by atoms with E-state index in [-0.39, 0.29) is 4.90 Å². The fourth-order valence-electron chi connectivity index (χ4n) is 3.45. The number of nitrogens with zero attached hydrogens (tertiary/aromatic N) is 1. The average Bonchev–Trinajstić information content (AvgIpc) is 2.84. The van der Waals surface area contributed by atoms with Crippen LogP contribution in [0.2, 0.25) is 0 Å². The molecule has 0 saturated carbocycles. The number of sulfonamides is 1. The summed E-state index contributed by atoms with van der Waals surface area (Å²) in [6.07, 6.45) is 2.62. The van der Waals surface area contributed by atoms with Gasteiger partial charge in [0.25, 0.3) is 15.9 Å². The van der Waals surface area contributed by atoms with Gasteiger partial charge in [0.05, 0.1) is 11.6 Å². The molecule has 7 nitrogen and oxygen atoms in total. The Morgan fingerprint density at radius 3 is 2.36 bits per heavy atom. The van der Waals surface area contributed by atoms with Crippen molar-refractivity contribution in [1.29, 1.82) is 0 Å². The van der Waals surface area contributed by atoms with Crippen molar-refractivity contribution in [1.82, 2.24) is 10.3 Å². The summed E-state index contributed by atoms with van der Waals surface area (Å²) < 4.78 is 28.4. The Morgan fingerprint density at radius 1 is 0.909 bits per heavy atom. The maximum Gasteiger partial charge on any atom is 0.264 e. The second-order valence-corrected chi connectivity index (χ2v) is 9.07. The number of amides is 1. The average molecular weight is 460 g/mol. The smallest absolute Gasteiger partial charge is 0.264 e. The molecule has 166 valence electrons. The Hall–Kier alpha value is -4.04. The second-order valence-electron chi connectivity index (χ2n) is 7.42. The summed E-state index contributed by atoms with van der Waals surface area (Å²) in [6, 6.07) is 23.2. The van der Waals surface area contributed by atoms with Crippen LogP contribution in [-0.2, 0) is 21.2 Å². The molecule has 0 fully saturated rings. The number of aromatic nitrogens is 1. The zero-order chi connectivity index (χ0) is 23.3. The summed E-state index contributed by atoms with van der Waals surface area (Å²) in [6.45, 7) is 0. The van der Waals surface area contributed by atoms with Crippen molar-refractivity contribution in [2.45, 2.75) is 17.4 Å². The number of hydrogen-bond acceptors (Lipinski definition) is 5. The molecule has 2 N–H and O–H groups in total. The minimum Gasteiger partial charge on any atom is -0.342 e. The minimum atomic E-state index is -3.89. The number of hydrogen-bond donors (Lipinski definition) is 2. The zero-order valence-electron chi connectivity index (χ0n) is 17.5. The molecule has 1 unspecified atom stereocenters. The summed E-state index contributed by atoms with van der Waals surface area (Å²) >= 11 is 0. The standard InChI is InChI=1S/C25H21N3O4S/c29-17-22(16-18-6-2-1-3-7-18)27-25(30)20-11-13-21(14-12-20)28-33(31,32)23-10-4-8-19-9-5-15-26-24(19)23/h1-15,17,22,28H,16H2,(H,27,30). The van der Waals surface area contributed by atoms with E-state index in [1.54, 1.807) is 30.5 Å². The molecule has 0 aliphatic heterocycles. The number of benzene rings is 3. The van der Waals surface area contributed by atoms with E-state index in [1.165, 1.54) is 30.3 Å². The van der Waals surface area contributed by atoms with Crippen LogP contribution in [0.15, 0.2) is 96.0 Å². The van der Waals surface area contributed by atoms with Gasteiger partial charge in [-0.15, -0.1) is 0 Å². The van der Waals surface area contributed by atoms with Crippen molar-refractivity contribution < 1.29 is 18.0 Å². The Kier molecular flexibility index (Phi) is 6.46. The molecule has 0 aliphatic carbocycles. The van der Waals surface area contributed by atoms with Gasteiger partial charge in [0.1, 0.15) is 11.2 Å². The summed E-state index contributed by atoms with van der Waals surface area (Å²) in [4.78, 5) is 28.2. The van der Waals surface area contributed by atoms with Crippen molar-refractivity contribution >= 4 is 38.8 Å². The van der Waals surface area contributed by atoms with Crippen molar-refractivity contribution in [3.63, 3.8) is 0 Å². The number of carbonyl (C=O) groups excluding carboxylic acids is 2. The van der Waals surface area contributed by atoms with Gasteiger partial charge in [-0.05, 0) is 48.4 Å². The lowest BCUT2D eigenvalue weighted by Crippen LogP contribution is -2.37. The molecule has 8 heteroatoms. The minimum absolute atomic E-state index is 0.0668. The number of carbonyl (C=O) groups is 2. The van der Waals surface area contributed by atoms with E-state index < -0.39 is 22.0 Å². The number of aldehydes is 1. The van der Waals surface area contributed by atoms with Crippen LogP contribution >= 0.6 is 0 Å². The normalized spacial score (nSPS) is 12.1. The number of nitrogens with one attached hydrogen (secondary N) is 2. The Labute approximate surface area is 191 Å². The van der Waals surface area contributed by atoms with E-state index in [0.717, 1.165) is 5.56 Å². The number of fused-ring (bicyclic) bond motifs is 1. The van der Waals surface area contributed by atoms with Gasteiger partial charge in [-0.1, -0.05) is 48.5 Å². The summed E-state index contributed by atoms with van der Waals surface area (Å²) in [5, 5.41) is 3.41. The lowest BCUT2D eigenvalue weighted by Gasteiger charge is -2.14. The van der Waals surface area contributed by atoms with Gasteiger partial charge in [0.2, 0.25) is 0 Å². The van der Waals surface area contributed by atoms with Crippen molar-refractivity contribution in [2.24, 2.45) is 0 Å². The highest BCUT2D eigenvalue weighted by Gasteiger charge is 2.19. The van der Waals surface area contributed by atoms with Crippen LogP contribution in [0.4, 0.5) is 5.69 Å². The molecule has 0 radical (unpaired) electrons. The molecule has 0 aliphatic rings. The topological polar surface area (TPSA) is 105 Å². The second kappa shape index (κ2) is 9.62. The third-order valence-corrected chi connectivity index (χ3v) is 6.48. The molecule has 0 spiro atoms. The molecule has 1 amide bonds. The van der Waals surface area contributed by atoms with Gasteiger partial charge in [0, 0.05) is 22.8 Å². The zero-order valence-corrected chi connectivity index (χ0v) is 18.3. The summed E-state index contributed by atoms with van der Waals surface area (Å²) in [5.41, 5.74) is 1.92. The SMILES string of the molecule is O=CC(Cc1ccccc1)NC(=O)c1ccc(NS(=O)(=O)c2cccc3cccnc23)cc1. The summed E-state index contributed by atoms with van der Waals surface area (Å²) in [5.74, 6) is -0.421. The lowest BCUT2D eigenvalue weighted by molar-refractivity contribution is -0.109. The number of para-hydroxylation sites is 1. The van der Waals surface area contributed by atoms with Crippen LogP contribution in [0.1, 0.15) is 15.9 Å². The molecule has 4 rings (SSSR count). The highest BCUT2D eigenvalue weighted by molar-refractivity contribution is 7.93. The van der Waals surface area contributed by atoms with Crippen molar-refractivity contribution in [3.05, 3.63) is 102 Å². The molecular weight excluding hydrogens is 438 g/mol. The first kappa shape index (κ1) is 22.2. The highest BCUT2D eigenvalue weighted by atomic mass is 32.2. The van der Waals surface area contributed by atoms with Crippen LogP contribution in [0.3, 0.4) is 0 Å². The fourth-order valence-corrected chi connectivity index (χ4v) is 4.68. The monoisotopic (exact) mass is 459 g/mol. The maximum absolute atomic E-state index is 12.9. The van der Waals surface area contributed by atoms with E-state index >= 15 is 0 Å². The lowest BCUT2D eigenvalue weighted by atomic mass is 10.1. The molecule has 4 aromatic rings. The third-order valence-electron chi connectivity index (χ3n) is 5.06. The number of rotatable bonds is 8. The number of pyridine rings is 1. The molecule has 0 bridgehead atoms. The summed E-state index contributed by atoms with van der Waals surface area (Å²) in [7, 11) is -3.89. The first-order valence-corrected chi connectivity index (χ1v) is 11.7. The van der Waals surface area contributed by atoms with E-state index in [0.29, 0.717) is 34.9 Å². The van der Waals surface area contributed by atoms with Gasteiger partial charge in [-0.2, -0.15) is 0 Å². The van der Waals surface area contributed by atoms with Crippen LogP contribution in [-0.4, -0.2) is 31.6 Å². The molecular formula is C25H21N3O4S. The van der Waals surface area contributed by atoms with Crippen molar-refractivity contribution in [2.75, 3.05) is 4.72 Å². The molecule has 0 saturated heterocycles. The van der Waals surface area contributed by atoms with Gasteiger partial charge >= 0.3 is 0 Å². The van der Waals surface area contributed by atoms with E-state index in [9.17, 15) is 18.0 Å². The molecule has 1 aromatic heterocycles. The fraction of sp³-hybridized carbons (Fsp3) is 0.0800. The Balaban J connectivity index is 1.46. The Bertz CT molecular complexity index is 1380. The van der Waals surface area contributed by atoms with Crippen LogP contribution in [0.25, 0.3) is 10.9 Å². The van der Waals surface area contributed by atoms with E-state index in [2.05, 4.69) is 15.0 Å². The van der Waals surface area contributed by atoms with Crippen LogP contribution < -0.4 is 10.0 Å². The predicted molar refractivity (Wildman–Crippen MR) is 126 cm³/mol. The third kappa shape index (κ3) is 5.24. The maximum atomic E-state index is 12.9. The van der Waals surface area contributed by atoms with E-state index in [4.69, 9.17) is 0 Å². The Morgan fingerprint density at radius 2 is 1.64 bits per heavy atom. The molecule has 1 heterocycles. The van der Waals surface area contributed by atoms with Crippen molar-refractivity contribution in [3.8, 4) is 0 Å². The first-order chi connectivity index (χ1) is 16.0. The van der Waals surface area contributed by atoms with Crippen LogP contribution in [0.5, 0.6) is 0 Å². The quantitative estimate of drug-likeness (QED) is 0.392. The first-order valence-electron chi connectivity index (χ1n) is 10.2. The van der Waals surface area contributed by atoms with Gasteiger partial charge < -0.3 is 10.1 Å².